The lowest BCUT2D eigenvalue weighted by molar-refractivity contribution is 0.0878. The van der Waals surface area contributed by atoms with Gasteiger partial charge in [-0.15, -0.1) is 11.6 Å². The number of halogens is 4. The minimum atomic E-state index is -2.36. The summed E-state index contributed by atoms with van der Waals surface area (Å²) in [5.74, 6) is 0.330. The highest BCUT2D eigenvalue weighted by atomic mass is 35.5. The summed E-state index contributed by atoms with van der Waals surface area (Å²) < 4.78 is 24.7. The highest BCUT2D eigenvalue weighted by Crippen LogP contribution is 2.19. The van der Waals surface area contributed by atoms with E-state index in [0.717, 1.165) is 11.1 Å². The zero-order valence-corrected chi connectivity index (χ0v) is 11.1. The molecule has 0 saturated carbocycles. The summed E-state index contributed by atoms with van der Waals surface area (Å²) in [5.41, 5.74) is 1.90. The van der Waals surface area contributed by atoms with Crippen LogP contribution in [0.1, 0.15) is 11.1 Å². The van der Waals surface area contributed by atoms with Gasteiger partial charge in [0.1, 0.15) is 0 Å². The van der Waals surface area contributed by atoms with Crippen molar-refractivity contribution in [2.45, 2.75) is 19.9 Å². The molecule has 5 heteroatoms. The molecule has 0 N–H and O–H groups in total. The van der Waals surface area contributed by atoms with Crippen LogP contribution in [0.15, 0.2) is 18.2 Å². The third kappa shape index (κ3) is 5.19. The molecule has 0 aliphatic carbocycles. The molecule has 1 aromatic carbocycles. The molecule has 0 radical (unpaired) electrons. The van der Waals surface area contributed by atoms with Gasteiger partial charge < -0.3 is 0 Å². The zero-order valence-electron chi connectivity index (χ0n) is 9.60. The van der Waals surface area contributed by atoms with Crippen LogP contribution in [-0.4, -0.2) is 30.3 Å². The maximum Gasteiger partial charge on any atom is 0.251 e. The molecule has 0 bridgehead atoms. The van der Waals surface area contributed by atoms with Crippen LogP contribution in [0.2, 0.25) is 5.02 Å². The lowest BCUT2D eigenvalue weighted by Crippen LogP contribution is -2.30. The van der Waals surface area contributed by atoms with Crippen molar-refractivity contribution in [3.05, 3.63) is 34.3 Å². The number of benzene rings is 1. The maximum absolute atomic E-state index is 12.4. The van der Waals surface area contributed by atoms with Crippen molar-refractivity contribution in [3.63, 3.8) is 0 Å². The summed E-state index contributed by atoms with van der Waals surface area (Å²) in [7, 11) is 0. The lowest BCUT2D eigenvalue weighted by atomic mass is 10.1. The number of rotatable bonds is 6. The molecule has 1 rings (SSSR count). The fourth-order valence-electron chi connectivity index (χ4n) is 1.57. The molecular weight excluding hydrogens is 267 g/mol. The molecule has 0 unspecified atom stereocenters. The summed E-state index contributed by atoms with van der Waals surface area (Å²) in [6.45, 7) is 2.48. The van der Waals surface area contributed by atoms with Crippen molar-refractivity contribution in [1.82, 2.24) is 4.90 Å². The lowest BCUT2D eigenvalue weighted by Gasteiger charge is -2.21. The Balaban J connectivity index is 2.71. The van der Waals surface area contributed by atoms with Gasteiger partial charge in [0.2, 0.25) is 0 Å². The van der Waals surface area contributed by atoms with E-state index in [-0.39, 0.29) is 6.54 Å². The van der Waals surface area contributed by atoms with Crippen molar-refractivity contribution in [1.29, 1.82) is 0 Å². The second-order valence-electron chi connectivity index (χ2n) is 3.91. The van der Waals surface area contributed by atoms with Crippen LogP contribution in [0, 0.1) is 6.92 Å². The van der Waals surface area contributed by atoms with Crippen LogP contribution in [0.3, 0.4) is 0 Å². The average molecular weight is 282 g/mol. The first-order chi connectivity index (χ1) is 8.02. The Hall–Kier alpha value is -0.380. The minimum absolute atomic E-state index is 0.281. The topological polar surface area (TPSA) is 3.24 Å². The second kappa shape index (κ2) is 7.14. The van der Waals surface area contributed by atoms with Gasteiger partial charge in [-0.3, -0.25) is 4.90 Å². The second-order valence-corrected chi connectivity index (χ2v) is 4.70. The molecule has 1 aromatic rings. The highest BCUT2D eigenvalue weighted by molar-refractivity contribution is 6.31. The maximum atomic E-state index is 12.4. The van der Waals surface area contributed by atoms with E-state index >= 15 is 0 Å². The quantitative estimate of drug-likeness (QED) is 0.714. The molecular formula is C12H15Cl2F2N. The highest BCUT2D eigenvalue weighted by Gasteiger charge is 2.13. The summed E-state index contributed by atoms with van der Waals surface area (Å²) in [6, 6.07) is 5.62. The number of hydrogen-bond donors (Lipinski definition) is 0. The molecule has 0 aliphatic heterocycles. The Labute approximate surface area is 110 Å². The molecule has 96 valence electrons. The van der Waals surface area contributed by atoms with Gasteiger partial charge in [-0.05, 0) is 24.1 Å². The number of nitrogens with zero attached hydrogens (tertiary/aromatic N) is 1. The Morgan fingerprint density at radius 1 is 1.35 bits per heavy atom. The molecule has 0 atom stereocenters. The van der Waals surface area contributed by atoms with Crippen LogP contribution < -0.4 is 0 Å². The summed E-state index contributed by atoms with van der Waals surface area (Å²) in [6.07, 6.45) is -2.36. The van der Waals surface area contributed by atoms with Gasteiger partial charge >= 0.3 is 0 Å². The van der Waals surface area contributed by atoms with Gasteiger partial charge in [0.25, 0.3) is 6.43 Å². The fraction of sp³-hybridized carbons (Fsp3) is 0.500. The molecule has 0 amide bonds. The van der Waals surface area contributed by atoms with Crippen molar-refractivity contribution in [2.75, 3.05) is 19.0 Å². The van der Waals surface area contributed by atoms with Crippen molar-refractivity contribution in [3.8, 4) is 0 Å². The summed E-state index contributed by atoms with van der Waals surface area (Å²) in [4.78, 5) is 1.61. The van der Waals surface area contributed by atoms with Crippen molar-refractivity contribution in [2.24, 2.45) is 0 Å². The largest absolute Gasteiger partial charge is 0.292 e. The first kappa shape index (κ1) is 14.7. The molecule has 0 saturated heterocycles. The number of alkyl halides is 3. The zero-order chi connectivity index (χ0) is 12.8. The molecule has 1 nitrogen and oxygen atoms in total. The van der Waals surface area contributed by atoms with Crippen molar-refractivity contribution < 1.29 is 8.78 Å². The van der Waals surface area contributed by atoms with Crippen LogP contribution in [-0.2, 0) is 6.54 Å². The van der Waals surface area contributed by atoms with E-state index in [2.05, 4.69) is 0 Å². The first-order valence-electron chi connectivity index (χ1n) is 5.34. The van der Waals surface area contributed by atoms with E-state index < -0.39 is 6.43 Å². The van der Waals surface area contributed by atoms with Crippen LogP contribution in [0.25, 0.3) is 0 Å². The average Bonchev–Trinajstić information content (AvgIpc) is 2.21. The van der Waals surface area contributed by atoms with Crippen molar-refractivity contribution >= 4 is 23.2 Å². The Morgan fingerprint density at radius 2 is 2.06 bits per heavy atom. The molecule has 0 aliphatic rings. The van der Waals surface area contributed by atoms with Crippen LogP contribution >= 0.6 is 23.2 Å². The molecule has 0 aromatic heterocycles. The number of hydrogen-bond acceptors (Lipinski definition) is 1. The third-order valence-corrected chi connectivity index (χ3v) is 2.92. The summed E-state index contributed by atoms with van der Waals surface area (Å²) in [5, 5.41) is 0.610. The normalized spacial score (nSPS) is 11.5. The fourth-order valence-corrected chi connectivity index (χ4v) is 2.10. The van der Waals surface area contributed by atoms with Crippen LogP contribution in [0.5, 0.6) is 0 Å². The van der Waals surface area contributed by atoms with Gasteiger partial charge in [-0.1, -0.05) is 23.7 Å². The Kier molecular flexibility index (Phi) is 6.17. The predicted octanol–water partition coefficient (Wildman–Crippen LogP) is 3.95. The third-order valence-electron chi connectivity index (χ3n) is 2.40. The number of aryl methyl sites for hydroxylation is 1. The van der Waals surface area contributed by atoms with E-state index in [9.17, 15) is 8.78 Å². The molecule has 0 fully saturated rings. The van der Waals surface area contributed by atoms with Gasteiger partial charge in [-0.25, -0.2) is 8.78 Å². The SMILES string of the molecule is Cc1ccc(CN(CCCl)CC(F)F)c(Cl)c1. The molecule has 17 heavy (non-hydrogen) atoms. The molecule has 0 heterocycles. The Morgan fingerprint density at radius 3 is 2.59 bits per heavy atom. The standard InChI is InChI=1S/C12H15Cl2F2N/c1-9-2-3-10(11(14)6-9)7-17(5-4-13)8-12(15)16/h2-3,6,12H,4-5,7-8H2,1H3. The monoisotopic (exact) mass is 281 g/mol. The van der Waals surface area contributed by atoms with E-state index in [1.807, 2.05) is 25.1 Å². The van der Waals surface area contributed by atoms with E-state index in [1.54, 1.807) is 4.90 Å². The molecule has 0 spiro atoms. The first-order valence-corrected chi connectivity index (χ1v) is 6.25. The van der Waals surface area contributed by atoms with Crippen LogP contribution in [0.4, 0.5) is 8.78 Å². The van der Waals surface area contributed by atoms with Gasteiger partial charge in [-0.2, -0.15) is 0 Å². The van der Waals surface area contributed by atoms with Gasteiger partial charge in [0.05, 0.1) is 6.54 Å². The van der Waals surface area contributed by atoms with E-state index in [1.165, 1.54) is 0 Å². The van der Waals surface area contributed by atoms with Gasteiger partial charge in [0, 0.05) is 24.0 Å². The van der Waals surface area contributed by atoms with E-state index in [0.29, 0.717) is 24.0 Å². The predicted molar refractivity (Wildman–Crippen MR) is 68.2 cm³/mol. The summed E-state index contributed by atoms with van der Waals surface area (Å²) >= 11 is 11.7. The van der Waals surface area contributed by atoms with Gasteiger partial charge in [0.15, 0.2) is 0 Å². The van der Waals surface area contributed by atoms with E-state index in [4.69, 9.17) is 23.2 Å². The smallest absolute Gasteiger partial charge is 0.251 e. The minimum Gasteiger partial charge on any atom is -0.292 e. The Bertz CT molecular complexity index is 358.